The summed E-state index contributed by atoms with van der Waals surface area (Å²) in [6.07, 6.45) is 1.07. The lowest BCUT2D eigenvalue weighted by molar-refractivity contribution is -0.137. The van der Waals surface area contributed by atoms with Crippen molar-refractivity contribution in [2.24, 2.45) is 0 Å². The molecule has 0 saturated carbocycles. The third-order valence-corrected chi connectivity index (χ3v) is 3.39. The van der Waals surface area contributed by atoms with Crippen LogP contribution in [-0.4, -0.2) is 61.1 Å². The van der Waals surface area contributed by atoms with Crippen molar-refractivity contribution in [3.05, 3.63) is 41.1 Å². The molecule has 1 heterocycles. The topological polar surface area (TPSA) is 122 Å². The molecule has 1 aromatic carbocycles. The van der Waals surface area contributed by atoms with Gasteiger partial charge in [0.1, 0.15) is 5.70 Å². The fourth-order valence-corrected chi connectivity index (χ4v) is 2.24. The van der Waals surface area contributed by atoms with Crippen molar-refractivity contribution in [2.75, 3.05) is 32.7 Å². The number of carbonyl (C=O) groups is 4. The molecule has 2 amide bonds. The fourth-order valence-electron chi connectivity index (χ4n) is 2.24. The van der Waals surface area contributed by atoms with E-state index < -0.39 is 23.8 Å². The second kappa shape index (κ2) is 7.58. The van der Waals surface area contributed by atoms with Crippen molar-refractivity contribution in [2.45, 2.75) is 0 Å². The normalized spacial score (nSPS) is 13.6. The van der Waals surface area contributed by atoms with Gasteiger partial charge in [0.05, 0.1) is 38.5 Å². The Balaban J connectivity index is 2.34. The Hall–Kier alpha value is -3.20. The summed E-state index contributed by atoms with van der Waals surface area (Å²) in [7, 11) is 2.38. The summed E-state index contributed by atoms with van der Waals surface area (Å²) in [4.78, 5) is 48.2. The number of hydrogen-bond acceptors (Lipinski definition) is 8. The van der Waals surface area contributed by atoms with Gasteiger partial charge in [0, 0.05) is 11.8 Å². The number of carbonyl (C=O) groups excluding carboxylic acids is 4. The zero-order valence-corrected chi connectivity index (χ0v) is 13.6. The van der Waals surface area contributed by atoms with Gasteiger partial charge in [-0.05, 0) is 18.2 Å². The van der Waals surface area contributed by atoms with E-state index in [9.17, 15) is 19.2 Å². The number of amides is 2. The van der Waals surface area contributed by atoms with Crippen LogP contribution < -0.4 is 5.32 Å². The Kier molecular flexibility index (Phi) is 5.50. The Bertz CT molecular complexity index is 735. The van der Waals surface area contributed by atoms with Crippen LogP contribution in [0, 0.1) is 0 Å². The number of esters is 2. The molecule has 0 saturated heterocycles. The number of hydrogen-bond donors (Lipinski definition) is 2. The summed E-state index contributed by atoms with van der Waals surface area (Å²) in [5, 5.41) is 11.6. The number of anilines is 1. The standard InChI is InChI=1S/C16H16N2O7/c1-24-15(22)9-5-10(16(23)25-2)7-11(6-9)17-12-8-13(20)18(3-4-19)14(12)21/h5-8,17,19H,3-4H2,1-2H3. The molecule has 0 unspecified atom stereocenters. The second-order valence-corrected chi connectivity index (χ2v) is 4.98. The molecule has 0 fully saturated rings. The zero-order valence-electron chi connectivity index (χ0n) is 13.6. The van der Waals surface area contributed by atoms with Crippen LogP contribution >= 0.6 is 0 Å². The van der Waals surface area contributed by atoms with Crippen LogP contribution in [0.25, 0.3) is 0 Å². The minimum absolute atomic E-state index is 0.0451. The molecular weight excluding hydrogens is 332 g/mol. The Labute approximate surface area is 142 Å². The van der Waals surface area contributed by atoms with Gasteiger partial charge in [-0.15, -0.1) is 0 Å². The molecule has 9 nitrogen and oxygen atoms in total. The smallest absolute Gasteiger partial charge is 0.337 e. The second-order valence-electron chi connectivity index (χ2n) is 4.98. The van der Waals surface area contributed by atoms with Crippen molar-refractivity contribution in [3.8, 4) is 0 Å². The van der Waals surface area contributed by atoms with Crippen molar-refractivity contribution < 1.29 is 33.8 Å². The van der Waals surface area contributed by atoms with Crippen LogP contribution in [0.4, 0.5) is 5.69 Å². The lowest BCUT2D eigenvalue weighted by Crippen LogP contribution is -2.34. The predicted octanol–water partition coefficient (Wildman–Crippen LogP) is -0.0833. The van der Waals surface area contributed by atoms with E-state index in [0.717, 1.165) is 11.0 Å². The third-order valence-electron chi connectivity index (χ3n) is 3.39. The van der Waals surface area contributed by atoms with Gasteiger partial charge in [-0.3, -0.25) is 14.5 Å². The number of nitrogens with one attached hydrogen (secondary N) is 1. The maximum atomic E-state index is 12.1. The predicted molar refractivity (Wildman–Crippen MR) is 84.6 cm³/mol. The van der Waals surface area contributed by atoms with Crippen molar-refractivity contribution in [1.29, 1.82) is 0 Å². The molecule has 132 valence electrons. The number of aliphatic hydroxyl groups excluding tert-OH is 1. The summed E-state index contributed by atoms with van der Waals surface area (Å²) in [6.45, 7) is -0.488. The number of aliphatic hydroxyl groups is 1. The minimum atomic E-state index is -0.682. The summed E-state index contributed by atoms with van der Waals surface area (Å²) < 4.78 is 9.25. The van der Waals surface area contributed by atoms with Crippen molar-refractivity contribution in [1.82, 2.24) is 4.90 Å². The molecule has 1 aromatic rings. The molecule has 1 aliphatic rings. The van der Waals surface area contributed by atoms with E-state index in [0.29, 0.717) is 0 Å². The monoisotopic (exact) mass is 348 g/mol. The van der Waals surface area contributed by atoms with E-state index >= 15 is 0 Å². The average molecular weight is 348 g/mol. The molecule has 0 spiro atoms. The lowest BCUT2D eigenvalue weighted by Gasteiger charge is -2.14. The quantitative estimate of drug-likeness (QED) is 0.540. The van der Waals surface area contributed by atoms with E-state index in [2.05, 4.69) is 14.8 Å². The highest BCUT2D eigenvalue weighted by Gasteiger charge is 2.30. The van der Waals surface area contributed by atoms with Gasteiger partial charge in [0.15, 0.2) is 0 Å². The van der Waals surface area contributed by atoms with Crippen LogP contribution in [-0.2, 0) is 19.1 Å². The lowest BCUT2D eigenvalue weighted by atomic mass is 10.1. The number of rotatable bonds is 6. The maximum absolute atomic E-state index is 12.1. The molecule has 0 aromatic heterocycles. The van der Waals surface area contributed by atoms with E-state index in [4.69, 9.17) is 5.11 Å². The highest BCUT2D eigenvalue weighted by Crippen LogP contribution is 2.21. The molecule has 2 N–H and O–H groups in total. The van der Waals surface area contributed by atoms with Crippen LogP contribution in [0.5, 0.6) is 0 Å². The average Bonchev–Trinajstić information content (AvgIpc) is 2.87. The molecule has 9 heteroatoms. The SMILES string of the molecule is COC(=O)c1cc(NC2=CC(=O)N(CCO)C2=O)cc(C(=O)OC)c1. The van der Waals surface area contributed by atoms with E-state index in [-0.39, 0.29) is 35.7 Å². The van der Waals surface area contributed by atoms with Crippen LogP contribution in [0.3, 0.4) is 0 Å². The summed E-state index contributed by atoms with van der Waals surface area (Å²) >= 11 is 0. The largest absolute Gasteiger partial charge is 0.465 e. The van der Waals surface area contributed by atoms with Crippen LogP contribution in [0.2, 0.25) is 0 Å². The van der Waals surface area contributed by atoms with Crippen molar-refractivity contribution in [3.63, 3.8) is 0 Å². The van der Waals surface area contributed by atoms with Crippen molar-refractivity contribution >= 4 is 29.4 Å². The Morgan fingerprint density at radius 3 is 2.12 bits per heavy atom. The Morgan fingerprint density at radius 2 is 1.64 bits per heavy atom. The maximum Gasteiger partial charge on any atom is 0.337 e. The molecule has 2 rings (SSSR count). The highest BCUT2D eigenvalue weighted by molar-refractivity contribution is 6.17. The fraction of sp³-hybridized carbons (Fsp3) is 0.250. The van der Waals surface area contributed by atoms with Gasteiger partial charge in [0.25, 0.3) is 11.8 Å². The first-order chi connectivity index (χ1) is 11.9. The summed E-state index contributed by atoms with van der Waals surface area (Å²) in [5.74, 6) is -2.56. The van der Waals surface area contributed by atoms with Crippen LogP contribution in [0.15, 0.2) is 30.0 Å². The molecule has 1 aliphatic heterocycles. The molecule has 25 heavy (non-hydrogen) atoms. The van der Waals surface area contributed by atoms with Gasteiger partial charge in [-0.2, -0.15) is 0 Å². The number of benzene rings is 1. The number of β-amino-alcohol motifs (C(OH)–C–C–N with tert-alkyl or cyclic N) is 1. The third kappa shape index (κ3) is 3.83. The first-order valence-corrected chi connectivity index (χ1v) is 7.18. The summed E-state index contributed by atoms with van der Waals surface area (Å²) in [5.41, 5.74) is 0.313. The van der Waals surface area contributed by atoms with E-state index in [1.54, 1.807) is 0 Å². The van der Waals surface area contributed by atoms with Gasteiger partial charge >= 0.3 is 11.9 Å². The van der Waals surface area contributed by atoms with Gasteiger partial charge in [0.2, 0.25) is 0 Å². The highest BCUT2D eigenvalue weighted by atomic mass is 16.5. The van der Waals surface area contributed by atoms with Gasteiger partial charge in [-0.25, -0.2) is 9.59 Å². The first-order valence-electron chi connectivity index (χ1n) is 7.18. The van der Waals surface area contributed by atoms with Gasteiger partial charge in [-0.1, -0.05) is 0 Å². The Morgan fingerprint density at radius 1 is 1.08 bits per heavy atom. The number of nitrogens with zero attached hydrogens (tertiary/aromatic N) is 1. The molecule has 0 bridgehead atoms. The first kappa shape index (κ1) is 18.1. The number of ether oxygens (including phenoxy) is 2. The van der Waals surface area contributed by atoms with Crippen LogP contribution in [0.1, 0.15) is 20.7 Å². The van der Waals surface area contributed by atoms with Gasteiger partial charge < -0.3 is 19.9 Å². The summed E-state index contributed by atoms with van der Waals surface area (Å²) in [6, 6.07) is 4.02. The van der Waals surface area contributed by atoms with E-state index in [1.807, 2.05) is 0 Å². The minimum Gasteiger partial charge on any atom is -0.465 e. The number of imide groups is 1. The molecule has 0 radical (unpaired) electrons. The molecule has 0 aliphatic carbocycles. The molecule has 0 atom stereocenters. The zero-order chi connectivity index (χ0) is 18.6. The van der Waals surface area contributed by atoms with E-state index in [1.165, 1.54) is 32.4 Å². The number of methoxy groups -OCH3 is 2. The molecular formula is C16H16N2O7.